The molecule has 0 spiro atoms. The molecule has 0 aromatic carbocycles. The molecular weight excluding hydrogens is 230 g/mol. The minimum Gasteiger partial charge on any atom is -0.480 e. The van der Waals surface area contributed by atoms with Gasteiger partial charge in [0, 0.05) is 18.8 Å². The number of carboxylic acids is 1. The van der Waals surface area contributed by atoms with Gasteiger partial charge in [0.05, 0.1) is 12.0 Å². The summed E-state index contributed by atoms with van der Waals surface area (Å²) < 4.78 is 2.10. The number of carboxylic acid groups (broad SMARTS) is 1. The Morgan fingerprint density at radius 1 is 1.61 bits per heavy atom. The molecule has 1 saturated heterocycles. The summed E-state index contributed by atoms with van der Waals surface area (Å²) >= 11 is 0. The summed E-state index contributed by atoms with van der Waals surface area (Å²) in [6.07, 6.45) is 4.60. The topological polar surface area (TPSA) is 58.4 Å². The van der Waals surface area contributed by atoms with Crippen molar-refractivity contribution in [3.8, 4) is 0 Å². The van der Waals surface area contributed by atoms with Gasteiger partial charge >= 0.3 is 5.97 Å². The van der Waals surface area contributed by atoms with E-state index in [-0.39, 0.29) is 12.0 Å². The fraction of sp³-hybridized carbons (Fsp3) is 0.692. The summed E-state index contributed by atoms with van der Waals surface area (Å²) in [5, 5.41) is 9.30. The highest BCUT2D eigenvalue weighted by Gasteiger charge is 2.36. The summed E-state index contributed by atoms with van der Waals surface area (Å²) in [4.78, 5) is 17.5. The van der Waals surface area contributed by atoms with Gasteiger partial charge in [-0.2, -0.15) is 0 Å². The normalized spacial score (nSPS) is 24.9. The van der Waals surface area contributed by atoms with Crippen molar-refractivity contribution in [2.75, 3.05) is 6.54 Å². The van der Waals surface area contributed by atoms with Gasteiger partial charge in [-0.25, -0.2) is 4.98 Å². The molecule has 0 amide bonds. The van der Waals surface area contributed by atoms with E-state index in [0.29, 0.717) is 12.6 Å². The Morgan fingerprint density at radius 2 is 2.33 bits per heavy atom. The molecule has 1 aliphatic heterocycles. The van der Waals surface area contributed by atoms with Gasteiger partial charge in [0.2, 0.25) is 0 Å². The lowest BCUT2D eigenvalue weighted by Crippen LogP contribution is -2.38. The van der Waals surface area contributed by atoms with Crippen LogP contribution < -0.4 is 0 Å². The van der Waals surface area contributed by atoms with E-state index in [1.807, 2.05) is 24.3 Å². The summed E-state index contributed by atoms with van der Waals surface area (Å²) in [6.45, 7) is 7.73. The van der Waals surface area contributed by atoms with E-state index < -0.39 is 5.97 Å². The number of imidazole rings is 1. The van der Waals surface area contributed by atoms with Crippen LogP contribution in [0.5, 0.6) is 0 Å². The Bertz CT molecular complexity index is 428. The monoisotopic (exact) mass is 251 g/mol. The molecule has 1 aromatic rings. The van der Waals surface area contributed by atoms with E-state index in [1.54, 1.807) is 0 Å². The first-order valence-corrected chi connectivity index (χ1v) is 6.48. The van der Waals surface area contributed by atoms with E-state index in [9.17, 15) is 9.90 Å². The maximum absolute atomic E-state index is 11.3. The first kappa shape index (κ1) is 13.1. The van der Waals surface area contributed by atoms with E-state index in [2.05, 4.69) is 23.4 Å². The largest absolute Gasteiger partial charge is 0.480 e. The molecule has 2 atom stereocenters. The fourth-order valence-corrected chi connectivity index (χ4v) is 2.73. The van der Waals surface area contributed by atoms with Crippen LogP contribution in [0, 0.1) is 5.92 Å². The van der Waals surface area contributed by atoms with E-state index in [1.165, 1.54) is 0 Å². The van der Waals surface area contributed by atoms with Crippen LogP contribution in [0.2, 0.25) is 0 Å². The van der Waals surface area contributed by atoms with Crippen LogP contribution >= 0.6 is 0 Å². The Labute approximate surface area is 107 Å². The number of aromatic nitrogens is 2. The van der Waals surface area contributed by atoms with Gasteiger partial charge in [0.25, 0.3) is 0 Å². The highest BCUT2D eigenvalue weighted by atomic mass is 16.4. The second-order valence-electron chi connectivity index (χ2n) is 5.41. The summed E-state index contributed by atoms with van der Waals surface area (Å²) in [7, 11) is 0. The molecule has 2 heterocycles. The highest BCUT2D eigenvalue weighted by molar-refractivity contribution is 5.74. The molecule has 1 aromatic heterocycles. The third-order valence-corrected chi connectivity index (χ3v) is 3.72. The maximum Gasteiger partial charge on any atom is 0.321 e. The Balaban J connectivity index is 2.13. The van der Waals surface area contributed by atoms with Crippen molar-refractivity contribution in [3.63, 3.8) is 0 Å². The smallest absolute Gasteiger partial charge is 0.321 e. The molecule has 1 aliphatic rings. The molecule has 1 fully saturated rings. The molecule has 5 nitrogen and oxygen atoms in total. The molecule has 2 rings (SSSR count). The molecular formula is C13H21N3O2. The second kappa shape index (κ2) is 5.10. The van der Waals surface area contributed by atoms with Crippen LogP contribution in [0.3, 0.4) is 0 Å². The lowest BCUT2D eigenvalue weighted by molar-refractivity contribution is -0.143. The van der Waals surface area contributed by atoms with Crippen LogP contribution in [-0.2, 0) is 11.3 Å². The van der Waals surface area contributed by atoms with Gasteiger partial charge < -0.3 is 9.67 Å². The van der Waals surface area contributed by atoms with Crippen molar-refractivity contribution in [2.45, 2.75) is 45.8 Å². The molecule has 0 saturated carbocycles. The molecule has 0 radical (unpaired) electrons. The van der Waals surface area contributed by atoms with E-state index in [0.717, 1.165) is 18.7 Å². The van der Waals surface area contributed by atoms with Gasteiger partial charge in [-0.3, -0.25) is 9.69 Å². The SMILES string of the molecule is CC1CCN(Cc2cncn2C(C)C)C1C(=O)O. The lowest BCUT2D eigenvalue weighted by atomic mass is 10.0. The molecule has 2 unspecified atom stereocenters. The minimum atomic E-state index is -0.712. The van der Waals surface area contributed by atoms with Gasteiger partial charge in [-0.05, 0) is 32.7 Å². The van der Waals surface area contributed by atoms with Crippen molar-refractivity contribution in [3.05, 3.63) is 18.2 Å². The average molecular weight is 251 g/mol. The van der Waals surface area contributed by atoms with E-state index >= 15 is 0 Å². The summed E-state index contributed by atoms with van der Waals surface area (Å²) in [5.74, 6) is -0.492. The van der Waals surface area contributed by atoms with Gasteiger partial charge in [0.15, 0.2) is 0 Å². The number of hydrogen-bond donors (Lipinski definition) is 1. The van der Waals surface area contributed by atoms with Crippen LogP contribution in [0.1, 0.15) is 38.9 Å². The number of aliphatic carboxylic acids is 1. The van der Waals surface area contributed by atoms with Crippen molar-refractivity contribution in [1.29, 1.82) is 0 Å². The first-order chi connectivity index (χ1) is 8.50. The van der Waals surface area contributed by atoms with Crippen molar-refractivity contribution >= 4 is 5.97 Å². The van der Waals surface area contributed by atoms with E-state index in [4.69, 9.17) is 0 Å². The Morgan fingerprint density at radius 3 is 2.94 bits per heavy atom. The Kier molecular flexibility index (Phi) is 3.71. The zero-order valence-corrected chi connectivity index (χ0v) is 11.2. The van der Waals surface area contributed by atoms with Crippen LogP contribution in [0.4, 0.5) is 0 Å². The third kappa shape index (κ3) is 2.41. The van der Waals surface area contributed by atoms with Crippen molar-refractivity contribution in [2.24, 2.45) is 5.92 Å². The number of nitrogens with zero attached hydrogens (tertiary/aromatic N) is 3. The molecule has 1 N–H and O–H groups in total. The third-order valence-electron chi connectivity index (χ3n) is 3.72. The lowest BCUT2D eigenvalue weighted by Gasteiger charge is -2.24. The van der Waals surface area contributed by atoms with Gasteiger partial charge in [-0.15, -0.1) is 0 Å². The minimum absolute atomic E-state index is 0.220. The summed E-state index contributed by atoms with van der Waals surface area (Å²) in [5.41, 5.74) is 1.09. The molecule has 0 aliphatic carbocycles. The van der Waals surface area contributed by atoms with Gasteiger partial charge in [-0.1, -0.05) is 6.92 Å². The molecule has 18 heavy (non-hydrogen) atoms. The van der Waals surface area contributed by atoms with Crippen LogP contribution in [0.25, 0.3) is 0 Å². The molecule has 100 valence electrons. The zero-order chi connectivity index (χ0) is 13.3. The predicted molar refractivity (Wildman–Crippen MR) is 68.2 cm³/mol. The number of carbonyl (C=O) groups is 1. The predicted octanol–water partition coefficient (Wildman–Crippen LogP) is 1.76. The maximum atomic E-state index is 11.3. The zero-order valence-electron chi connectivity index (χ0n) is 11.2. The Hall–Kier alpha value is -1.36. The molecule has 5 heteroatoms. The molecule has 0 bridgehead atoms. The average Bonchev–Trinajstić information content (AvgIpc) is 2.86. The van der Waals surface area contributed by atoms with Crippen LogP contribution in [-0.4, -0.2) is 38.1 Å². The van der Waals surface area contributed by atoms with Crippen LogP contribution in [0.15, 0.2) is 12.5 Å². The first-order valence-electron chi connectivity index (χ1n) is 6.48. The van der Waals surface area contributed by atoms with Gasteiger partial charge in [0.1, 0.15) is 6.04 Å². The fourth-order valence-electron chi connectivity index (χ4n) is 2.73. The highest BCUT2D eigenvalue weighted by Crippen LogP contribution is 2.26. The quantitative estimate of drug-likeness (QED) is 0.886. The summed E-state index contributed by atoms with van der Waals surface area (Å²) in [6, 6.07) is -0.00804. The number of likely N-dealkylation sites (tertiary alicyclic amines) is 1. The standard InChI is InChI=1S/C13H21N3O2/c1-9(2)16-8-14-6-11(16)7-15-5-4-10(3)12(15)13(17)18/h6,8-10,12H,4-5,7H2,1-3H3,(H,17,18). The second-order valence-corrected chi connectivity index (χ2v) is 5.41. The number of rotatable bonds is 4. The number of hydrogen-bond acceptors (Lipinski definition) is 3. The van der Waals surface area contributed by atoms with Crippen molar-refractivity contribution in [1.82, 2.24) is 14.5 Å². The van der Waals surface area contributed by atoms with Crippen molar-refractivity contribution < 1.29 is 9.90 Å².